The van der Waals surface area contributed by atoms with Crippen LogP contribution in [0.4, 0.5) is 15.8 Å². The van der Waals surface area contributed by atoms with Gasteiger partial charge in [-0.05, 0) is 55.0 Å². The summed E-state index contributed by atoms with van der Waals surface area (Å²) >= 11 is 0. The van der Waals surface area contributed by atoms with Crippen LogP contribution in [0.25, 0.3) is 0 Å². The second-order valence-corrected chi connectivity index (χ2v) is 6.69. The topological polar surface area (TPSA) is 76.7 Å². The van der Waals surface area contributed by atoms with Gasteiger partial charge in [0.05, 0.1) is 19.4 Å². The summed E-state index contributed by atoms with van der Waals surface area (Å²) in [6.07, 6.45) is 0.837. The van der Waals surface area contributed by atoms with Crippen molar-refractivity contribution < 1.29 is 23.5 Å². The maximum atomic E-state index is 13.4. The molecule has 0 saturated heterocycles. The monoisotopic (exact) mass is 422 g/mol. The van der Waals surface area contributed by atoms with Crippen molar-refractivity contribution in [1.29, 1.82) is 0 Å². The van der Waals surface area contributed by atoms with E-state index in [9.17, 15) is 14.0 Å². The van der Waals surface area contributed by atoms with Gasteiger partial charge in [-0.25, -0.2) is 4.39 Å². The van der Waals surface area contributed by atoms with E-state index in [-0.39, 0.29) is 17.9 Å². The molecule has 0 bridgehead atoms. The first-order valence-corrected chi connectivity index (χ1v) is 9.78. The van der Waals surface area contributed by atoms with Gasteiger partial charge in [-0.3, -0.25) is 9.59 Å². The lowest BCUT2D eigenvalue weighted by molar-refractivity contribution is -0.116. The Kier molecular flexibility index (Phi) is 7.59. The van der Waals surface area contributed by atoms with Crippen LogP contribution >= 0.6 is 0 Å². The van der Waals surface area contributed by atoms with E-state index in [4.69, 9.17) is 9.47 Å². The highest BCUT2D eigenvalue weighted by Gasteiger charge is 2.12. The molecule has 0 fully saturated rings. The predicted molar refractivity (Wildman–Crippen MR) is 117 cm³/mol. The Morgan fingerprint density at radius 1 is 0.935 bits per heavy atom. The molecule has 0 atom stereocenters. The standard InChI is InChI=1S/C24H23FN2O4/c1-30-22-13-12-19(16-21(22)27-24(29)17-7-5-8-18(25)15-17)26-23(28)11-6-14-31-20-9-3-2-4-10-20/h2-5,7-10,12-13,15-16H,6,11,14H2,1H3,(H,26,28)(H,27,29). The second kappa shape index (κ2) is 10.8. The van der Waals surface area contributed by atoms with E-state index in [0.29, 0.717) is 30.2 Å². The van der Waals surface area contributed by atoms with Crippen LogP contribution in [-0.4, -0.2) is 25.5 Å². The Hall–Kier alpha value is -3.87. The predicted octanol–water partition coefficient (Wildman–Crippen LogP) is 4.88. The van der Waals surface area contributed by atoms with E-state index in [1.807, 2.05) is 30.3 Å². The minimum Gasteiger partial charge on any atom is -0.495 e. The maximum absolute atomic E-state index is 13.4. The lowest BCUT2D eigenvalue weighted by Crippen LogP contribution is -2.15. The molecular formula is C24H23FN2O4. The molecule has 0 aliphatic carbocycles. The summed E-state index contributed by atoms with van der Waals surface area (Å²) in [5, 5.41) is 5.48. The number of carbonyl (C=O) groups is 2. The number of para-hydroxylation sites is 1. The molecule has 3 aromatic carbocycles. The van der Waals surface area contributed by atoms with E-state index in [1.165, 1.54) is 25.3 Å². The lowest BCUT2D eigenvalue weighted by Gasteiger charge is -2.13. The summed E-state index contributed by atoms with van der Waals surface area (Å²) in [5.74, 6) is 0.0104. The number of methoxy groups -OCH3 is 1. The van der Waals surface area contributed by atoms with Gasteiger partial charge in [-0.2, -0.15) is 0 Å². The van der Waals surface area contributed by atoms with E-state index in [1.54, 1.807) is 18.2 Å². The van der Waals surface area contributed by atoms with Gasteiger partial charge in [0.15, 0.2) is 0 Å². The van der Waals surface area contributed by atoms with Gasteiger partial charge in [0.1, 0.15) is 17.3 Å². The quantitative estimate of drug-likeness (QED) is 0.482. The fourth-order valence-electron chi connectivity index (χ4n) is 2.87. The van der Waals surface area contributed by atoms with Crippen molar-refractivity contribution >= 4 is 23.2 Å². The van der Waals surface area contributed by atoms with Crippen molar-refractivity contribution in [1.82, 2.24) is 0 Å². The molecule has 0 aliphatic rings. The van der Waals surface area contributed by atoms with Gasteiger partial charge in [-0.1, -0.05) is 24.3 Å². The zero-order chi connectivity index (χ0) is 22.1. The molecule has 0 aromatic heterocycles. The van der Waals surface area contributed by atoms with Crippen LogP contribution in [0.3, 0.4) is 0 Å². The molecule has 2 amide bonds. The van der Waals surface area contributed by atoms with E-state index in [0.717, 1.165) is 11.8 Å². The Bertz CT molecular complexity index is 1040. The minimum absolute atomic E-state index is 0.176. The summed E-state index contributed by atoms with van der Waals surface area (Å²) in [6.45, 7) is 0.426. The molecule has 160 valence electrons. The summed E-state index contributed by atoms with van der Waals surface area (Å²) < 4.78 is 24.2. The van der Waals surface area contributed by atoms with Crippen molar-refractivity contribution in [2.24, 2.45) is 0 Å². The normalized spacial score (nSPS) is 10.3. The van der Waals surface area contributed by atoms with E-state index < -0.39 is 11.7 Å². The van der Waals surface area contributed by atoms with E-state index in [2.05, 4.69) is 10.6 Å². The zero-order valence-corrected chi connectivity index (χ0v) is 17.1. The number of hydrogen-bond acceptors (Lipinski definition) is 4. The van der Waals surface area contributed by atoms with Gasteiger partial charge in [-0.15, -0.1) is 0 Å². The van der Waals surface area contributed by atoms with Crippen LogP contribution in [0.5, 0.6) is 11.5 Å². The third-order valence-electron chi connectivity index (χ3n) is 4.38. The van der Waals surface area contributed by atoms with Crippen LogP contribution in [0.15, 0.2) is 72.8 Å². The van der Waals surface area contributed by atoms with Gasteiger partial charge >= 0.3 is 0 Å². The van der Waals surface area contributed by atoms with Crippen LogP contribution < -0.4 is 20.1 Å². The number of carbonyl (C=O) groups excluding carboxylic acids is 2. The number of amides is 2. The molecule has 3 aromatic rings. The van der Waals surface area contributed by atoms with Gasteiger partial charge in [0.25, 0.3) is 5.91 Å². The van der Waals surface area contributed by atoms with Crippen molar-refractivity contribution in [3.63, 3.8) is 0 Å². The van der Waals surface area contributed by atoms with Crippen LogP contribution in [-0.2, 0) is 4.79 Å². The van der Waals surface area contributed by atoms with Crippen molar-refractivity contribution in [2.45, 2.75) is 12.8 Å². The fraction of sp³-hybridized carbons (Fsp3) is 0.167. The Balaban J connectivity index is 1.56. The number of rotatable bonds is 9. The molecule has 7 heteroatoms. The molecular weight excluding hydrogens is 399 g/mol. The number of hydrogen-bond donors (Lipinski definition) is 2. The largest absolute Gasteiger partial charge is 0.495 e. The molecule has 0 saturated carbocycles. The molecule has 3 rings (SSSR count). The zero-order valence-electron chi connectivity index (χ0n) is 17.1. The van der Waals surface area contributed by atoms with E-state index >= 15 is 0 Å². The average Bonchev–Trinajstić information content (AvgIpc) is 2.78. The second-order valence-electron chi connectivity index (χ2n) is 6.69. The highest BCUT2D eigenvalue weighted by atomic mass is 19.1. The van der Waals surface area contributed by atoms with Gasteiger partial charge in [0.2, 0.25) is 5.91 Å². The number of ether oxygens (including phenoxy) is 2. The summed E-state index contributed by atoms with van der Waals surface area (Å²) in [7, 11) is 1.47. The third kappa shape index (κ3) is 6.57. The first-order chi connectivity index (χ1) is 15.0. The highest BCUT2D eigenvalue weighted by molar-refractivity contribution is 6.05. The smallest absolute Gasteiger partial charge is 0.255 e. The van der Waals surface area contributed by atoms with Crippen LogP contribution in [0.1, 0.15) is 23.2 Å². The molecule has 0 unspecified atom stereocenters. The highest BCUT2D eigenvalue weighted by Crippen LogP contribution is 2.28. The molecule has 0 heterocycles. The molecule has 31 heavy (non-hydrogen) atoms. The van der Waals surface area contributed by atoms with Crippen molar-refractivity contribution in [3.05, 3.63) is 84.2 Å². The Labute approximate surface area is 180 Å². The maximum Gasteiger partial charge on any atom is 0.255 e. The SMILES string of the molecule is COc1ccc(NC(=O)CCCOc2ccccc2)cc1NC(=O)c1cccc(F)c1. The Morgan fingerprint density at radius 3 is 2.48 bits per heavy atom. The molecule has 0 aliphatic heterocycles. The first-order valence-electron chi connectivity index (χ1n) is 9.78. The third-order valence-corrected chi connectivity index (χ3v) is 4.38. The average molecular weight is 422 g/mol. The van der Waals surface area contributed by atoms with Crippen LogP contribution in [0, 0.1) is 5.82 Å². The first kappa shape index (κ1) is 21.8. The minimum atomic E-state index is -0.503. The molecule has 2 N–H and O–H groups in total. The summed E-state index contributed by atoms with van der Waals surface area (Å²) in [5.41, 5.74) is 1.04. The summed E-state index contributed by atoms with van der Waals surface area (Å²) in [4.78, 5) is 24.7. The van der Waals surface area contributed by atoms with Crippen molar-refractivity contribution in [2.75, 3.05) is 24.4 Å². The van der Waals surface area contributed by atoms with Crippen molar-refractivity contribution in [3.8, 4) is 11.5 Å². The molecule has 6 nitrogen and oxygen atoms in total. The number of benzene rings is 3. The van der Waals surface area contributed by atoms with Crippen LogP contribution in [0.2, 0.25) is 0 Å². The van der Waals surface area contributed by atoms with Gasteiger partial charge < -0.3 is 20.1 Å². The van der Waals surface area contributed by atoms with Gasteiger partial charge in [0, 0.05) is 17.7 Å². The lowest BCUT2D eigenvalue weighted by atomic mass is 10.2. The Morgan fingerprint density at radius 2 is 1.74 bits per heavy atom. The molecule has 0 spiro atoms. The number of halogens is 1. The summed E-state index contributed by atoms with van der Waals surface area (Å²) in [6, 6.07) is 19.7. The number of nitrogens with one attached hydrogen (secondary N) is 2. The molecule has 0 radical (unpaired) electrons. The fourth-order valence-corrected chi connectivity index (χ4v) is 2.87. The number of anilines is 2.